The molecule has 3 rings (SSSR count). The number of hydrogen-bond acceptors (Lipinski definition) is 3. The molecule has 3 nitrogen and oxygen atoms in total. The van der Waals surface area contributed by atoms with E-state index in [-0.39, 0.29) is 5.82 Å². The van der Waals surface area contributed by atoms with Gasteiger partial charge in [-0.05, 0) is 42.2 Å². The topological polar surface area (TPSA) is 32.7 Å². The van der Waals surface area contributed by atoms with Crippen LogP contribution in [-0.4, -0.2) is 36.8 Å². The molecular weight excluding hydrogens is 317 g/mol. The third-order valence-electron chi connectivity index (χ3n) is 4.72. The summed E-state index contributed by atoms with van der Waals surface area (Å²) >= 11 is 0. The standard InChI is InChI=1S/C21H24FNO2/c1-25-21-5-3-2-4-19(21)16-10-13-23(14-11-16)15-12-20(24)17-6-8-18(22)9-7-17/h2-10,20,24H,11-15H2,1H3. The molecule has 1 heterocycles. The highest BCUT2D eigenvalue weighted by molar-refractivity contribution is 5.71. The summed E-state index contributed by atoms with van der Waals surface area (Å²) < 4.78 is 18.4. The number of para-hydroxylation sites is 1. The Kier molecular flexibility index (Phi) is 5.84. The zero-order valence-electron chi connectivity index (χ0n) is 14.5. The van der Waals surface area contributed by atoms with Crippen molar-refractivity contribution in [2.24, 2.45) is 0 Å². The predicted octanol–water partition coefficient (Wildman–Crippen LogP) is 4.05. The maximum absolute atomic E-state index is 13.0. The molecule has 0 radical (unpaired) electrons. The highest BCUT2D eigenvalue weighted by Crippen LogP contribution is 2.30. The van der Waals surface area contributed by atoms with E-state index < -0.39 is 6.10 Å². The molecule has 0 amide bonds. The lowest BCUT2D eigenvalue weighted by Gasteiger charge is -2.27. The zero-order chi connectivity index (χ0) is 17.6. The van der Waals surface area contributed by atoms with E-state index in [1.54, 1.807) is 19.2 Å². The number of aliphatic hydroxyl groups excluding tert-OH is 1. The molecule has 0 fully saturated rings. The van der Waals surface area contributed by atoms with Crippen LogP contribution in [0, 0.1) is 5.82 Å². The van der Waals surface area contributed by atoms with E-state index in [4.69, 9.17) is 4.74 Å². The molecule has 0 aromatic heterocycles. The van der Waals surface area contributed by atoms with Crippen molar-refractivity contribution in [1.29, 1.82) is 0 Å². The van der Waals surface area contributed by atoms with E-state index in [2.05, 4.69) is 17.0 Å². The van der Waals surface area contributed by atoms with Crippen molar-refractivity contribution < 1.29 is 14.2 Å². The Morgan fingerprint density at radius 1 is 1.16 bits per heavy atom. The number of nitrogens with zero attached hydrogens (tertiary/aromatic N) is 1. The number of benzene rings is 2. The van der Waals surface area contributed by atoms with Gasteiger partial charge in [-0.2, -0.15) is 0 Å². The van der Waals surface area contributed by atoms with E-state index in [0.717, 1.165) is 42.9 Å². The van der Waals surface area contributed by atoms with E-state index in [9.17, 15) is 9.50 Å². The average Bonchev–Trinajstić information content (AvgIpc) is 2.67. The molecule has 25 heavy (non-hydrogen) atoms. The summed E-state index contributed by atoms with van der Waals surface area (Å²) in [6, 6.07) is 14.2. The van der Waals surface area contributed by atoms with Gasteiger partial charge in [0.05, 0.1) is 13.2 Å². The van der Waals surface area contributed by atoms with Gasteiger partial charge in [-0.15, -0.1) is 0 Å². The van der Waals surface area contributed by atoms with E-state index in [1.807, 2.05) is 18.2 Å². The molecule has 4 heteroatoms. The molecule has 0 aliphatic carbocycles. The van der Waals surface area contributed by atoms with Crippen LogP contribution in [0.5, 0.6) is 5.75 Å². The first-order valence-corrected chi connectivity index (χ1v) is 8.65. The van der Waals surface area contributed by atoms with Crippen LogP contribution in [0.2, 0.25) is 0 Å². The van der Waals surface area contributed by atoms with Gasteiger partial charge in [-0.3, -0.25) is 4.90 Å². The van der Waals surface area contributed by atoms with Crippen LogP contribution in [0.4, 0.5) is 4.39 Å². The molecule has 1 unspecified atom stereocenters. The lowest BCUT2D eigenvalue weighted by Crippen LogP contribution is -2.30. The summed E-state index contributed by atoms with van der Waals surface area (Å²) in [4.78, 5) is 2.33. The first-order valence-electron chi connectivity index (χ1n) is 8.65. The van der Waals surface area contributed by atoms with E-state index in [0.29, 0.717) is 6.42 Å². The van der Waals surface area contributed by atoms with Crippen LogP contribution >= 0.6 is 0 Å². The SMILES string of the molecule is COc1ccccc1C1=CCN(CCC(O)c2ccc(F)cc2)CC1. The summed E-state index contributed by atoms with van der Waals surface area (Å²) in [5, 5.41) is 10.3. The lowest BCUT2D eigenvalue weighted by molar-refractivity contribution is 0.145. The first-order chi connectivity index (χ1) is 12.2. The molecule has 1 aliphatic rings. The first kappa shape index (κ1) is 17.6. The van der Waals surface area contributed by atoms with E-state index >= 15 is 0 Å². The Hall–Kier alpha value is -2.17. The molecular formula is C21H24FNO2. The molecule has 132 valence electrons. The monoisotopic (exact) mass is 341 g/mol. The molecule has 0 spiro atoms. The Morgan fingerprint density at radius 2 is 1.92 bits per heavy atom. The molecule has 0 saturated heterocycles. The lowest BCUT2D eigenvalue weighted by atomic mass is 9.98. The number of methoxy groups -OCH3 is 1. The van der Waals surface area contributed by atoms with Gasteiger partial charge in [0.15, 0.2) is 0 Å². The summed E-state index contributed by atoms with van der Waals surface area (Å²) in [5.74, 6) is 0.634. The second-order valence-corrected chi connectivity index (χ2v) is 6.34. The number of ether oxygens (including phenoxy) is 1. The maximum Gasteiger partial charge on any atom is 0.126 e. The quantitative estimate of drug-likeness (QED) is 0.860. The molecule has 1 N–H and O–H groups in total. The van der Waals surface area contributed by atoms with Crippen LogP contribution in [0.25, 0.3) is 5.57 Å². The van der Waals surface area contributed by atoms with Crippen LogP contribution in [-0.2, 0) is 0 Å². The average molecular weight is 341 g/mol. The number of rotatable bonds is 6. The largest absolute Gasteiger partial charge is 0.496 e. The molecule has 0 bridgehead atoms. The second kappa shape index (κ2) is 8.28. The van der Waals surface area contributed by atoms with Crippen molar-refractivity contribution in [3.63, 3.8) is 0 Å². The smallest absolute Gasteiger partial charge is 0.126 e. The molecule has 2 aromatic rings. The second-order valence-electron chi connectivity index (χ2n) is 6.34. The summed E-state index contributed by atoms with van der Waals surface area (Å²) in [7, 11) is 1.70. The number of halogens is 1. The van der Waals surface area contributed by atoms with Gasteiger partial charge in [-0.25, -0.2) is 4.39 Å². The summed E-state index contributed by atoms with van der Waals surface area (Å²) in [6.07, 6.45) is 3.29. The fraction of sp³-hybridized carbons (Fsp3) is 0.333. The van der Waals surface area contributed by atoms with Crippen molar-refractivity contribution in [1.82, 2.24) is 4.90 Å². The Morgan fingerprint density at radius 3 is 2.60 bits per heavy atom. The van der Waals surface area contributed by atoms with Gasteiger partial charge in [-0.1, -0.05) is 36.4 Å². The fourth-order valence-corrected chi connectivity index (χ4v) is 3.23. The van der Waals surface area contributed by atoms with Crippen molar-refractivity contribution >= 4 is 5.57 Å². The van der Waals surface area contributed by atoms with Gasteiger partial charge in [0, 0.05) is 25.2 Å². The minimum atomic E-state index is -0.555. The van der Waals surface area contributed by atoms with Gasteiger partial charge < -0.3 is 9.84 Å². The van der Waals surface area contributed by atoms with Crippen LogP contribution in [0.1, 0.15) is 30.1 Å². The Balaban J connectivity index is 1.55. The van der Waals surface area contributed by atoms with Gasteiger partial charge in [0.1, 0.15) is 11.6 Å². The normalized spacial score (nSPS) is 16.4. The molecule has 1 atom stereocenters. The number of hydrogen-bond donors (Lipinski definition) is 1. The predicted molar refractivity (Wildman–Crippen MR) is 98.0 cm³/mol. The number of aliphatic hydroxyl groups is 1. The van der Waals surface area contributed by atoms with Gasteiger partial charge in [0.25, 0.3) is 0 Å². The third kappa shape index (κ3) is 4.47. The fourth-order valence-electron chi connectivity index (χ4n) is 3.23. The molecule has 2 aromatic carbocycles. The molecule has 0 saturated carbocycles. The highest BCUT2D eigenvalue weighted by Gasteiger charge is 2.17. The third-order valence-corrected chi connectivity index (χ3v) is 4.72. The van der Waals surface area contributed by atoms with Gasteiger partial charge in [0.2, 0.25) is 0 Å². The summed E-state index contributed by atoms with van der Waals surface area (Å²) in [6.45, 7) is 2.64. The minimum absolute atomic E-state index is 0.277. The van der Waals surface area contributed by atoms with Crippen molar-refractivity contribution in [2.45, 2.75) is 18.9 Å². The van der Waals surface area contributed by atoms with Crippen LogP contribution in [0.15, 0.2) is 54.6 Å². The summed E-state index contributed by atoms with van der Waals surface area (Å²) in [5.41, 5.74) is 3.24. The Labute approximate surface area is 148 Å². The highest BCUT2D eigenvalue weighted by atomic mass is 19.1. The van der Waals surface area contributed by atoms with Crippen molar-refractivity contribution in [3.8, 4) is 5.75 Å². The minimum Gasteiger partial charge on any atom is -0.496 e. The van der Waals surface area contributed by atoms with Crippen molar-refractivity contribution in [2.75, 3.05) is 26.7 Å². The Bertz CT molecular complexity index is 727. The van der Waals surface area contributed by atoms with Gasteiger partial charge >= 0.3 is 0 Å². The van der Waals surface area contributed by atoms with Crippen LogP contribution in [0.3, 0.4) is 0 Å². The maximum atomic E-state index is 13.0. The van der Waals surface area contributed by atoms with Crippen LogP contribution < -0.4 is 4.74 Å². The molecule has 1 aliphatic heterocycles. The zero-order valence-corrected chi connectivity index (χ0v) is 14.5. The van der Waals surface area contributed by atoms with E-state index in [1.165, 1.54) is 17.7 Å². The van der Waals surface area contributed by atoms with Crippen molar-refractivity contribution in [3.05, 3.63) is 71.6 Å².